The van der Waals surface area contributed by atoms with Crippen molar-refractivity contribution in [1.82, 2.24) is 5.32 Å². The minimum atomic E-state index is 0.225. The number of benzene rings is 2. The fourth-order valence-electron chi connectivity index (χ4n) is 4.47. The van der Waals surface area contributed by atoms with Gasteiger partial charge in [0.2, 0.25) is 12.5 Å². The predicted octanol–water partition coefficient (Wildman–Crippen LogP) is 2.85. The molecular formula is C20H21NO5. The summed E-state index contributed by atoms with van der Waals surface area (Å²) in [7, 11) is 5.00. The second-order valence-electron chi connectivity index (χ2n) is 6.69. The summed E-state index contributed by atoms with van der Waals surface area (Å²) in [6.45, 7) is 1.15. The van der Waals surface area contributed by atoms with Gasteiger partial charge in [0.05, 0.1) is 21.3 Å². The lowest BCUT2D eigenvalue weighted by atomic mass is 9.76. The Hall–Kier alpha value is -2.60. The Morgan fingerprint density at radius 3 is 2.54 bits per heavy atom. The predicted molar refractivity (Wildman–Crippen MR) is 95.8 cm³/mol. The minimum Gasteiger partial charge on any atom is -0.493 e. The summed E-state index contributed by atoms with van der Waals surface area (Å²) in [6, 6.07) is 4.33. The van der Waals surface area contributed by atoms with Crippen LogP contribution in [0, 0.1) is 0 Å². The number of nitrogens with one attached hydrogen (secondary N) is 1. The van der Waals surface area contributed by atoms with Gasteiger partial charge in [-0.25, -0.2) is 0 Å². The summed E-state index contributed by atoms with van der Waals surface area (Å²) in [5.41, 5.74) is 5.88. The van der Waals surface area contributed by atoms with E-state index in [0.29, 0.717) is 11.5 Å². The first kappa shape index (κ1) is 15.6. The van der Waals surface area contributed by atoms with Crippen LogP contribution in [0.4, 0.5) is 0 Å². The van der Waals surface area contributed by atoms with E-state index < -0.39 is 0 Å². The van der Waals surface area contributed by atoms with E-state index in [1.807, 2.05) is 6.07 Å². The SMILES string of the molecule is COc1cc2c(cc1OC)-c1c(OC)c3c(c4c1[C@@H](C2)NCC4)OCO3. The van der Waals surface area contributed by atoms with Crippen LogP contribution in [0.15, 0.2) is 12.1 Å². The van der Waals surface area contributed by atoms with Gasteiger partial charge in [0.25, 0.3) is 0 Å². The highest BCUT2D eigenvalue weighted by atomic mass is 16.7. The zero-order chi connectivity index (χ0) is 17.8. The number of fused-ring (bicyclic) bond motifs is 4. The number of hydrogen-bond acceptors (Lipinski definition) is 6. The highest BCUT2D eigenvalue weighted by Crippen LogP contribution is 2.57. The first-order valence-corrected chi connectivity index (χ1v) is 8.77. The lowest BCUT2D eigenvalue weighted by Crippen LogP contribution is -2.34. The van der Waals surface area contributed by atoms with Gasteiger partial charge in [-0.1, -0.05) is 0 Å². The molecule has 1 aliphatic carbocycles. The van der Waals surface area contributed by atoms with Gasteiger partial charge in [0.15, 0.2) is 23.0 Å². The maximum atomic E-state index is 5.81. The van der Waals surface area contributed by atoms with Crippen LogP contribution >= 0.6 is 0 Å². The van der Waals surface area contributed by atoms with Crippen LogP contribution in [0.25, 0.3) is 11.1 Å². The number of methoxy groups -OCH3 is 3. The van der Waals surface area contributed by atoms with Crippen molar-refractivity contribution in [3.8, 4) is 39.9 Å². The molecule has 2 heterocycles. The third-order valence-corrected chi connectivity index (χ3v) is 5.54. The van der Waals surface area contributed by atoms with Crippen molar-refractivity contribution in [2.24, 2.45) is 0 Å². The molecule has 0 spiro atoms. The van der Waals surface area contributed by atoms with Crippen LogP contribution < -0.4 is 29.0 Å². The second kappa shape index (κ2) is 5.71. The van der Waals surface area contributed by atoms with Gasteiger partial charge in [-0.3, -0.25) is 0 Å². The van der Waals surface area contributed by atoms with Crippen molar-refractivity contribution < 1.29 is 23.7 Å². The molecule has 5 rings (SSSR count). The van der Waals surface area contributed by atoms with Gasteiger partial charge in [-0.05, 0) is 48.2 Å². The third kappa shape index (κ3) is 1.96. The quantitative estimate of drug-likeness (QED) is 0.914. The van der Waals surface area contributed by atoms with Crippen molar-refractivity contribution in [2.45, 2.75) is 18.9 Å². The van der Waals surface area contributed by atoms with Gasteiger partial charge in [0, 0.05) is 17.2 Å². The Bertz CT molecular complexity index is 908. The van der Waals surface area contributed by atoms with Gasteiger partial charge in [-0.2, -0.15) is 0 Å². The summed E-state index contributed by atoms with van der Waals surface area (Å²) in [5.74, 6) is 3.74. The van der Waals surface area contributed by atoms with E-state index in [-0.39, 0.29) is 12.8 Å². The average molecular weight is 355 g/mol. The third-order valence-electron chi connectivity index (χ3n) is 5.54. The lowest BCUT2D eigenvalue weighted by Gasteiger charge is -2.36. The zero-order valence-corrected chi connectivity index (χ0v) is 15.1. The summed E-state index contributed by atoms with van der Waals surface area (Å²) < 4.78 is 28.4. The highest BCUT2D eigenvalue weighted by Gasteiger charge is 2.39. The fourth-order valence-corrected chi connectivity index (χ4v) is 4.47. The molecule has 6 nitrogen and oxygen atoms in total. The molecule has 26 heavy (non-hydrogen) atoms. The van der Waals surface area contributed by atoms with Crippen molar-refractivity contribution in [1.29, 1.82) is 0 Å². The Balaban J connectivity index is 1.86. The smallest absolute Gasteiger partial charge is 0.231 e. The average Bonchev–Trinajstić information content (AvgIpc) is 3.17. The fraction of sp³-hybridized carbons (Fsp3) is 0.400. The molecule has 0 saturated carbocycles. The lowest BCUT2D eigenvalue weighted by molar-refractivity contribution is 0.170. The van der Waals surface area contributed by atoms with Crippen LogP contribution in [0.2, 0.25) is 0 Å². The topological polar surface area (TPSA) is 58.2 Å². The number of rotatable bonds is 3. The van der Waals surface area contributed by atoms with Gasteiger partial charge >= 0.3 is 0 Å². The molecule has 0 saturated heterocycles. The van der Waals surface area contributed by atoms with Crippen LogP contribution in [0.3, 0.4) is 0 Å². The molecule has 1 atom stereocenters. The molecule has 136 valence electrons. The molecular weight excluding hydrogens is 334 g/mol. The Morgan fingerprint density at radius 2 is 1.77 bits per heavy atom. The molecule has 0 unspecified atom stereocenters. The van der Waals surface area contributed by atoms with E-state index in [9.17, 15) is 0 Å². The standard InChI is InChI=1S/C20H21NO5/c1-22-14-7-10-6-13-16-11(4-5-21-13)18-20(26-9-25-18)19(24-3)17(16)12(10)8-15(14)23-2/h7-8,13,21H,4-6,9H2,1-3H3/t13-/m1/s1. The number of hydrogen-bond donors (Lipinski definition) is 1. The van der Waals surface area contributed by atoms with Crippen molar-refractivity contribution in [3.05, 3.63) is 28.8 Å². The molecule has 2 aromatic rings. The Kier molecular flexibility index (Phi) is 3.43. The van der Waals surface area contributed by atoms with E-state index in [1.54, 1.807) is 21.3 Å². The van der Waals surface area contributed by atoms with Crippen LogP contribution in [0.5, 0.6) is 28.7 Å². The van der Waals surface area contributed by atoms with Crippen LogP contribution in [-0.4, -0.2) is 34.7 Å². The molecule has 0 bridgehead atoms. The van der Waals surface area contributed by atoms with Crippen molar-refractivity contribution >= 4 is 0 Å². The molecule has 2 aliphatic heterocycles. The van der Waals surface area contributed by atoms with Gasteiger partial charge < -0.3 is 29.0 Å². The maximum absolute atomic E-state index is 5.81. The molecule has 1 N–H and O–H groups in total. The summed E-state index contributed by atoms with van der Waals surface area (Å²) in [6.07, 6.45) is 1.80. The van der Waals surface area contributed by atoms with E-state index in [0.717, 1.165) is 47.8 Å². The van der Waals surface area contributed by atoms with Crippen LogP contribution in [-0.2, 0) is 12.8 Å². The van der Waals surface area contributed by atoms with E-state index >= 15 is 0 Å². The Labute approximate surface area is 152 Å². The summed E-state index contributed by atoms with van der Waals surface area (Å²) in [5, 5.41) is 3.64. The van der Waals surface area contributed by atoms with E-state index in [1.165, 1.54) is 16.7 Å². The molecule has 0 fully saturated rings. The second-order valence-corrected chi connectivity index (χ2v) is 6.69. The zero-order valence-electron chi connectivity index (χ0n) is 15.1. The highest BCUT2D eigenvalue weighted by molar-refractivity contribution is 5.87. The normalized spacial score (nSPS) is 18.8. The molecule has 0 radical (unpaired) electrons. The van der Waals surface area contributed by atoms with Gasteiger partial charge in [-0.15, -0.1) is 0 Å². The summed E-state index contributed by atoms with van der Waals surface area (Å²) >= 11 is 0. The Morgan fingerprint density at radius 1 is 1.00 bits per heavy atom. The maximum Gasteiger partial charge on any atom is 0.231 e. The summed E-state index contributed by atoms with van der Waals surface area (Å²) in [4.78, 5) is 0. The molecule has 6 heteroatoms. The van der Waals surface area contributed by atoms with E-state index in [2.05, 4.69) is 11.4 Å². The van der Waals surface area contributed by atoms with Crippen molar-refractivity contribution in [3.63, 3.8) is 0 Å². The van der Waals surface area contributed by atoms with Gasteiger partial charge in [0.1, 0.15) is 0 Å². The molecule has 0 amide bonds. The monoisotopic (exact) mass is 355 g/mol. The first-order chi connectivity index (χ1) is 12.8. The largest absolute Gasteiger partial charge is 0.493 e. The van der Waals surface area contributed by atoms with Crippen molar-refractivity contribution in [2.75, 3.05) is 34.7 Å². The molecule has 2 aromatic carbocycles. The van der Waals surface area contributed by atoms with E-state index in [4.69, 9.17) is 23.7 Å². The van der Waals surface area contributed by atoms with Crippen LogP contribution in [0.1, 0.15) is 22.7 Å². The first-order valence-electron chi connectivity index (χ1n) is 8.77. The minimum absolute atomic E-state index is 0.225. The molecule has 3 aliphatic rings. The molecule has 0 aromatic heterocycles. The number of ether oxygens (including phenoxy) is 5.